The third kappa shape index (κ3) is 4.66. The molecule has 0 heterocycles. The van der Waals surface area contributed by atoms with E-state index >= 15 is 0 Å². The number of benzene rings is 2. The molecule has 28 heavy (non-hydrogen) atoms. The van der Waals surface area contributed by atoms with Gasteiger partial charge in [0, 0.05) is 5.92 Å². The second-order valence-electron chi connectivity index (χ2n) is 6.17. The van der Waals surface area contributed by atoms with E-state index in [1.165, 1.54) is 0 Å². The number of hydrogen-bond acceptors (Lipinski definition) is 5. The maximum atomic E-state index is 11.9. The molecule has 0 aromatic heterocycles. The molecule has 146 valence electrons. The molecule has 0 bridgehead atoms. The smallest absolute Gasteiger partial charge is 0.407 e. The van der Waals surface area contributed by atoms with Gasteiger partial charge in [-0.1, -0.05) is 48.5 Å². The van der Waals surface area contributed by atoms with Gasteiger partial charge < -0.3 is 25.2 Å². The average molecular weight is 384 g/mol. The zero-order valence-corrected chi connectivity index (χ0v) is 15.0. The lowest BCUT2D eigenvalue weighted by atomic mass is 9.98. The molecule has 0 spiro atoms. The molecule has 1 aliphatic carbocycles. The summed E-state index contributed by atoms with van der Waals surface area (Å²) in [5, 5.41) is 13.1. The van der Waals surface area contributed by atoms with Crippen molar-refractivity contribution in [3.05, 3.63) is 59.7 Å². The van der Waals surface area contributed by atoms with Gasteiger partial charge in [-0.25, -0.2) is 9.59 Å². The van der Waals surface area contributed by atoms with Gasteiger partial charge in [-0.2, -0.15) is 0 Å². The lowest BCUT2D eigenvalue weighted by Crippen LogP contribution is -2.38. The predicted octanol–water partition coefficient (Wildman–Crippen LogP) is 1.70. The van der Waals surface area contributed by atoms with Crippen LogP contribution in [0.3, 0.4) is 0 Å². The Hall–Kier alpha value is -3.39. The maximum Gasteiger partial charge on any atom is 0.407 e. The molecule has 3 N–H and O–H groups in total. The van der Waals surface area contributed by atoms with Crippen molar-refractivity contribution >= 4 is 18.0 Å². The van der Waals surface area contributed by atoms with E-state index < -0.39 is 24.6 Å². The number of carboxylic acids is 1. The Balaban J connectivity index is 1.47. The fourth-order valence-electron chi connectivity index (χ4n) is 3.13. The van der Waals surface area contributed by atoms with Crippen LogP contribution in [0, 0.1) is 0 Å². The third-order valence-corrected chi connectivity index (χ3v) is 4.33. The zero-order valence-electron chi connectivity index (χ0n) is 15.0. The van der Waals surface area contributed by atoms with Gasteiger partial charge in [0.15, 0.2) is 0 Å². The van der Waals surface area contributed by atoms with Crippen LogP contribution in [0.2, 0.25) is 0 Å². The van der Waals surface area contributed by atoms with Crippen molar-refractivity contribution in [2.24, 2.45) is 0 Å². The molecule has 0 aliphatic heterocycles. The molecule has 2 aromatic carbocycles. The number of aliphatic carboxylic acids is 1. The molecule has 8 heteroatoms. The standard InChI is InChI=1S/C20H20N2O6/c23-18(22-12-27-11-19(24)25)9-21-20(26)28-10-17-15-7-3-1-5-13(15)14-6-2-4-8-16(14)17/h1-8,17H,9-12H2,(H,21,26)(H,22,23)(H,24,25). The first-order valence-corrected chi connectivity index (χ1v) is 8.71. The van der Waals surface area contributed by atoms with Crippen LogP contribution in [-0.2, 0) is 19.1 Å². The van der Waals surface area contributed by atoms with Crippen molar-refractivity contribution in [3.63, 3.8) is 0 Å². The van der Waals surface area contributed by atoms with Crippen LogP contribution >= 0.6 is 0 Å². The molecular formula is C20H20N2O6. The molecule has 0 atom stereocenters. The molecule has 1 aliphatic rings. The summed E-state index contributed by atoms with van der Waals surface area (Å²) >= 11 is 0. The summed E-state index contributed by atoms with van der Waals surface area (Å²) in [4.78, 5) is 33.8. The van der Waals surface area contributed by atoms with Crippen molar-refractivity contribution < 1.29 is 29.0 Å². The number of nitrogens with one attached hydrogen (secondary N) is 2. The van der Waals surface area contributed by atoms with Crippen LogP contribution in [0.15, 0.2) is 48.5 Å². The number of carbonyl (C=O) groups excluding carboxylic acids is 2. The summed E-state index contributed by atoms with van der Waals surface area (Å²) in [5.41, 5.74) is 4.47. The van der Waals surface area contributed by atoms with Crippen molar-refractivity contribution in [1.29, 1.82) is 0 Å². The number of amides is 2. The quantitative estimate of drug-likeness (QED) is 0.472. The Morgan fingerprint density at radius 1 is 0.929 bits per heavy atom. The summed E-state index contributed by atoms with van der Waals surface area (Å²) in [7, 11) is 0. The van der Waals surface area contributed by atoms with Crippen molar-refractivity contribution in [2.75, 3.05) is 26.5 Å². The van der Waals surface area contributed by atoms with Crippen LogP contribution in [0.4, 0.5) is 4.79 Å². The maximum absolute atomic E-state index is 11.9. The van der Waals surface area contributed by atoms with Gasteiger partial charge in [-0.05, 0) is 22.3 Å². The van der Waals surface area contributed by atoms with Crippen molar-refractivity contribution in [1.82, 2.24) is 10.6 Å². The van der Waals surface area contributed by atoms with Gasteiger partial charge in [0.25, 0.3) is 0 Å². The van der Waals surface area contributed by atoms with E-state index in [2.05, 4.69) is 15.4 Å². The van der Waals surface area contributed by atoms with Gasteiger partial charge in [-0.15, -0.1) is 0 Å². The summed E-state index contributed by atoms with van der Waals surface area (Å²) in [6, 6.07) is 16.0. The number of carboxylic acid groups (broad SMARTS) is 1. The van der Waals surface area contributed by atoms with E-state index in [0.29, 0.717) is 0 Å². The molecule has 2 amide bonds. The summed E-state index contributed by atoms with van der Waals surface area (Å²) in [5.74, 6) is -1.71. The fraction of sp³-hybridized carbons (Fsp3) is 0.250. The van der Waals surface area contributed by atoms with Crippen LogP contribution in [0.1, 0.15) is 17.0 Å². The Morgan fingerprint density at radius 3 is 2.14 bits per heavy atom. The van der Waals surface area contributed by atoms with E-state index in [0.717, 1.165) is 22.3 Å². The summed E-state index contributed by atoms with van der Waals surface area (Å²) in [6.07, 6.45) is -0.705. The van der Waals surface area contributed by atoms with Gasteiger partial charge in [-0.3, -0.25) is 4.79 Å². The summed E-state index contributed by atoms with van der Waals surface area (Å²) < 4.78 is 9.99. The van der Waals surface area contributed by atoms with Crippen LogP contribution in [-0.4, -0.2) is 49.6 Å². The van der Waals surface area contributed by atoms with E-state index in [4.69, 9.17) is 9.84 Å². The van der Waals surface area contributed by atoms with Gasteiger partial charge in [0.2, 0.25) is 5.91 Å². The Kier molecular flexibility index (Phi) is 6.23. The second kappa shape index (κ2) is 9.01. The molecular weight excluding hydrogens is 364 g/mol. The number of ether oxygens (including phenoxy) is 2. The first-order valence-electron chi connectivity index (χ1n) is 8.71. The molecule has 0 fully saturated rings. The zero-order chi connectivity index (χ0) is 19.9. The van der Waals surface area contributed by atoms with E-state index in [1.807, 2.05) is 48.5 Å². The average Bonchev–Trinajstić information content (AvgIpc) is 3.02. The highest BCUT2D eigenvalue weighted by Gasteiger charge is 2.28. The molecule has 3 rings (SSSR count). The highest BCUT2D eigenvalue weighted by atomic mass is 16.5. The molecule has 2 aromatic rings. The number of rotatable bonds is 8. The van der Waals surface area contributed by atoms with E-state index in [-0.39, 0.29) is 25.8 Å². The van der Waals surface area contributed by atoms with Crippen LogP contribution in [0.25, 0.3) is 11.1 Å². The second-order valence-corrected chi connectivity index (χ2v) is 6.17. The predicted molar refractivity (Wildman–Crippen MR) is 99.7 cm³/mol. The topological polar surface area (TPSA) is 114 Å². The van der Waals surface area contributed by atoms with Crippen molar-refractivity contribution in [2.45, 2.75) is 5.92 Å². The summed E-state index contributed by atoms with van der Waals surface area (Å²) in [6.45, 7) is -0.909. The molecule has 0 saturated heterocycles. The van der Waals surface area contributed by atoms with Crippen molar-refractivity contribution in [3.8, 4) is 11.1 Å². The first kappa shape index (κ1) is 19.4. The molecule has 8 nitrogen and oxygen atoms in total. The van der Waals surface area contributed by atoms with Crippen LogP contribution < -0.4 is 10.6 Å². The fourth-order valence-corrected chi connectivity index (χ4v) is 3.13. The minimum absolute atomic E-state index is 0.0589. The van der Waals surface area contributed by atoms with E-state index in [9.17, 15) is 14.4 Å². The number of fused-ring (bicyclic) bond motifs is 3. The minimum atomic E-state index is -1.13. The van der Waals surface area contributed by atoms with Gasteiger partial charge in [0.1, 0.15) is 26.5 Å². The SMILES string of the molecule is O=C(O)COCNC(=O)CNC(=O)OCC1c2ccccc2-c2ccccc21. The largest absolute Gasteiger partial charge is 0.480 e. The molecule has 0 saturated carbocycles. The lowest BCUT2D eigenvalue weighted by Gasteiger charge is -2.14. The number of carbonyl (C=O) groups is 3. The van der Waals surface area contributed by atoms with Gasteiger partial charge in [0.05, 0.1) is 0 Å². The first-order chi connectivity index (χ1) is 13.6. The number of alkyl carbamates (subject to hydrolysis) is 1. The van der Waals surface area contributed by atoms with Gasteiger partial charge >= 0.3 is 12.1 Å². The Bertz CT molecular complexity index is 837. The Morgan fingerprint density at radius 2 is 1.54 bits per heavy atom. The highest BCUT2D eigenvalue weighted by molar-refractivity contribution is 5.82. The monoisotopic (exact) mass is 384 g/mol. The third-order valence-electron chi connectivity index (χ3n) is 4.33. The normalized spacial score (nSPS) is 12.0. The Labute approximate surface area is 161 Å². The minimum Gasteiger partial charge on any atom is -0.480 e. The highest BCUT2D eigenvalue weighted by Crippen LogP contribution is 2.44. The number of hydrogen-bond donors (Lipinski definition) is 3. The molecule has 0 radical (unpaired) electrons. The molecule has 0 unspecified atom stereocenters. The lowest BCUT2D eigenvalue weighted by molar-refractivity contribution is -0.143. The van der Waals surface area contributed by atoms with Crippen LogP contribution in [0.5, 0.6) is 0 Å². The van der Waals surface area contributed by atoms with E-state index in [1.54, 1.807) is 0 Å².